The normalized spacial score (nSPS) is 15.5. The molecule has 0 aliphatic carbocycles. The number of benzene rings is 1. The van der Waals surface area contributed by atoms with Crippen LogP contribution in [-0.4, -0.2) is 19.1 Å². The number of carbonyl (C=O) groups is 1. The summed E-state index contributed by atoms with van der Waals surface area (Å²) in [5.41, 5.74) is 0. The Balaban J connectivity index is 2.54. The van der Waals surface area contributed by atoms with Crippen LogP contribution in [0.15, 0.2) is 30.3 Å². The number of carbonyl (C=O) groups excluding carboxylic acids is 1. The first-order chi connectivity index (χ1) is 8.43. The van der Waals surface area contributed by atoms with Crippen molar-refractivity contribution in [3.05, 3.63) is 30.3 Å². The number of esters is 1. The van der Waals surface area contributed by atoms with Crippen molar-refractivity contribution in [3.8, 4) is 5.75 Å². The summed E-state index contributed by atoms with van der Waals surface area (Å²) in [6.07, 6.45) is 0.0609. The molecular weight excluding hydrogens is 277 g/mol. The number of rotatable bonds is 6. The lowest BCUT2D eigenvalue weighted by Crippen LogP contribution is -2.26. The lowest BCUT2D eigenvalue weighted by atomic mass is 10.3. The summed E-state index contributed by atoms with van der Waals surface area (Å²) in [5.74, 6) is -0.0139. The first-order valence-electron chi connectivity index (χ1n) is 5.32. The van der Waals surface area contributed by atoms with Crippen LogP contribution in [0.25, 0.3) is 0 Å². The molecule has 0 aliphatic rings. The van der Waals surface area contributed by atoms with E-state index in [1.165, 1.54) is 7.11 Å². The fourth-order valence-corrected chi connectivity index (χ4v) is 3.09. The highest BCUT2D eigenvalue weighted by molar-refractivity contribution is 7.84. The molecule has 1 N–H and O–H groups in total. The van der Waals surface area contributed by atoms with Gasteiger partial charge in [0, 0.05) is 17.3 Å². The Hall–Kier alpha value is -1.03. The Kier molecular flexibility index (Phi) is 5.66. The summed E-state index contributed by atoms with van der Waals surface area (Å²) in [6.45, 7) is -1.86. The number of methoxy groups -OCH3 is 1. The summed E-state index contributed by atoms with van der Waals surface area (Å²) in [4.78, 5) is 11.0. The molecule has 0 saturated heterocycles. The van der Waals surface area contributed by atoms with Crippen LogP contribution in [0.3, 0.4) is 0 Å². The van der Waals surface area contributed by atoms with E-state index in [1.807, 2.05) is 0 Å². The van der Waals surface area contributed by atoms with E-state index in [2.05, 4.69) is 9.82 Å². The molecule has 0 heterocycles. The van der Waals surface area contributed by atoms with Gasteiger partial charge in [0.2, 0.25) is 0 Å². The van der Waals surface area contributed by atoms with Crippen molar-refractivity contribution in [2.75, 3.05) is 7.11 Å². The van der Waals surface area contributed by atoms with E-state index < -0.39 is 18.9 Å². The van der Waals surface area contributed by atoms with Crippen molar-refractivity contribution in [2.24, 2.45) is 0 Å². The van der Waals surface area contributed by atoms with Crippen molar-refractivity contribution < 1.29 is 18.6 Å². The molecule has 7 heteroatoms. The van der Waals surface area contributed by atoms with E-state index in [4.69, 9.17) is 15.8 Å². The van der Waals surface area contributed by atoms with Crippen LogP contribution in [0.5, 0.6) is 5.75 Å². The summed E-state index contributed by atoms with van der Waals surface area (Å²) >= 11 is 5.76. The average Bonchev–Trinajstić information content (AvgIpc) is 2.28. The number of para-hydroxylation sites is 1. The molecule has 100 valence electrons. The standard InChI is InChI=1S/C11H15ClNO4P/c1-9(8-11(14)16-2)13-18(12,15)17-10-6-4-3-5-7-10/h3-7,9H,8H2,1-2H3,(H,13,15)/t9-,18?/m0/s1. The van der Waals surface area contributed by atoms with Crippen molar-refractivity contribution in [3.63, 3.8) is 0 Å². The van der Waals surface area contributed by atoms with Crippen LogP contribution >= 0.6 is 18.1 Å². The highest BCUT2D eigenvalue weighted by Crippen LogP contribution is 2.48. The molecule has 0 amide bonds. The monoisotopic (exact) mass is 291 g/mol. The highest BCUT2D eigenvalue weighted by Gasteiger charge is 2.24. The zero-order valence-corrected chi connectivity index (χ0v) is 11.8. The molecule has 1 unspecified atom stereocenters. The van der Waals surface area contributed by atoms with Gasteiger partial charge in [0.1, 0.15) is 5.75 Å². The first kappa shape index (κ1) is 15.0. The molecular formula is C11H15ClNO4P. The van der Waals surface area contributed by atoms with Gasteiger partial charge >= 0.3 is 12.8 Å². The summed E-state index contributed by atoms with van der Waals surface area (Å²) < 4.78 is 21.6. The average molecular weight is 292 g/mol. The summed E-state index contributed by atoms with van der Waals surface area (Å²) in [6, 6.07) is 8.15. The van der Waals surface area contributed by atoms with Crippen LogP contribution < -0.4 is 9.61 Å². The van der Waals surface area contributed by atoms with Crippen molar-refractivity contribution in [1.29, 1.82) is 0 Å². The molecule has 1 aromatic rings. The molecule has 5 nitrogen and oxygen atoms in total. The quantitative estimate of drug-likeness (QED) is 0.645. The third-order valence-corrected chi connectivity index (χ3v) is 3.74. The predicted octanol–water partition coefficient (Wildman–Crippen LogP) is 2.95. The fourth-order valence-electron chi connectivity index (χ4n) is 1.29. The molecule has 1 rings (SSSR count). The largest absolute Gasteiger partial charge is 0.469 e. The minimum atomic E-state index is -3.52. The number of halogens is 1. The van der Waals surface area contributed by atoms with E-state index in [-0.39, 0.29) is 6.42 Å². The molecule has 2 atom stereocenters. The Labute approximate surface area is 111 Å². The molecule has 0 bridgehead atoms. The van der Waals surface area contributed by atoms with Crippen LogP contribution in [0, 0.1) is 0 Å². The van der Waals surface area contributed by atoms with E-state index in [9.17, 15) is 9.36 Å². The maximum Gasteiger partial charge on any atom is 0.409 e. The minimum absolute atomic E-state index is 0.0609. The molecule has 18 heavy (non-hydrogen) atoms. The van der Waals surface area contributed by atoms with Gasteiger partial charge in [-0.05, 0) is 19.1 Å². The van der Waals surface area contributed by atoms with E-state index in [1.54, 1.807) is 37.3 Å². The topological polar surface area (TPSA) is 64.6 Å². The van der Waals surface area contributed by atoms with Crippen LogP contribution in [0.2, 0.25) is 0 Å². The Bertz CT molecular complexity index is 440. The number of hydrogen-bond acceptors (Lipinski definition) is 4. The molecule has 0 saturated carbocycles. The smallest absolute Gasteiger partial charge is 0.409 e. The van der Waals surface area contributed by atoms with Crippen LogP contribution in [0.4, 0.5) is 0 Å². The molecule has 0 aromatic heterocycles. The van der Waals surface area contributed by atoms with Gasteiger partial charge in [-0.2, -0.15) is 0 Å². The van der Waals surface area contributed by atoms with Gasteiger partial charge in [0.05, 0.1) is 13.5 Å². The summed E-state index contributed by atoms with van der Waals surface area (Å²) in [5, 5.41) is 2.57. The third-order valence-electron chi connectivity index (χ3n) is 2.04. The molecule has 0 aliphatic heterocycles. The van der Waals surface area contributed by atoms with E-state index in [0.29, 0.717) is 5.75 Å². The SMILES string of the molecule is COC(=O)C[C@H](C)NP(=O)(Cl)Oc1ccccc1. The van der Waals surface area contributed by atoms with Gasteiger partial charge < -0.3 is 9.26 Å². The van der Waals surface area contributed by atoms with Crippen molar-refractivity contribution in [2.45, 2.75) is 19.4 Å². The third kappa shape index (κ3) is 5.54. The first-order valence-corrected chi connectivity index (χ1v) is 7.85. The van der Waals surface area contributed by atoms with Gasteiger partial charge in [-0.15, -0.1) is 0 Å². The predicted molar refractivity (Wildman–Crippen MR) is 69.8 cm³/mol. The Morgan fingerprint density at radius 2 is 2.06 bits per heavy atom. The molecule has 0 spiro atoms. The van der Waals surface area contributed by atoms with Crippen molar-refractivity contribution >= 4 is 24.1 Å². The van der Waals surface area contributed by atoms with Crippen LogP contribution in [0.1, 0.15) is 13.3 Å². The van der Waals surface area contributed by atoms with E-state index >= 15 is 0 Å². The minimum Gasteiger partial charge on any atom is -0.469 e. The van der Waals surface area contributed by atoms with Gasteiger partial charge in [-0.1, -0.05) is 18.2 Å². The lowest BCUT2D eigenvalue weighted by Gasteiger charge is -2.18. The maximum atomic E-state index is 11.9. The number of ether oxygens (including phenoxy) is 1. The zero-order chi connectivity index (χ0) is 13.6. The fraction of sp³-hybridized carbons (Fsp3) is 0.364. The number of nitrogens with one attached hydrogen (secondary N) is 1. The second-order valence-electron chi connectivity index (χ2n) is 3.69. The summed E-state index contributed by atoms with van der Waals surface area (Å²) in [7, 11) is 1.29. The highest BCUT2D eigenvalue weighted by atomic mass is 35.7. The maximum absolute atomic E-state index is 11.9. The van der Waals surface area contributed by atoms with Gasteiger partial charge in [-0.3, -0.25) is 4.79 Å². The second-order valence-corrected chi connectivity index (χ2v) is 6.43. The van der Waals surface area contributed by atoms with Gasteiger partial charge in [0.25, 0.3) is 0 Å². The molecule has 1 aromatic carbocycles. The van der Waals surface area contributed by atoms with E-state index in [0.717, 1.165) is 0 Å². The van der Waals surface area contributed by atoms with Crippen molar-refractivity contribution in [1.82, 2.24) is 5.09 Å². The van der Waals surface area contributed by atoms with Gasteiger partial charge in [0.15, 0.2) is 0 Å². The second kappa shape index (κ2) is 6.78. The van der Waals surface area contributed by atoms with Crippen LogP contribution in [-0.2, 0) is 14.1 Å². The molecule has 0 radical (unpaired) electrons. The molecule has 0 fully saturated rings. The van der Waals surface area contributed by atoms with Gasteiger partial charge in [-0.25, -0.2) is 9.65 Å². The zero-order valence-electron chi connectivity index (χ0n) is 10.1. The Morgan fingerprint density at radius 3 is 2.61 bits per heavy atom. The number of hydrogen-bond donors (Lipinski definition) is 1. The Morgan fingerprint density at radius 1 is 1.44 bits per heavy atom. The lowest BCUT2D eigenvalue weighted by molar-refractivity contribution is -0.140.